The maximum Gasteiger partial charge on any atom is 0.355 e. The van der Waals surface area contributed by atoms with E-state index in [4.69, 9.17) is 9.52 Å². The number of aromatic nitrogens is 1. The maximum absolute atomic E-state index is 11.6. The third kappa shape index (κ3) is 2.96. The summed E-state index contributed by atoms with van der Waals surface area (Å²) in [5.41, 5.74) is -0.0232. The van der Waals surface area contributed by atoms with Crippen molar-refractivity contribution in [3.05, 3.63) is 38.6 Å². The lowest BCUT2D eigenvalue weighted by atomic mass is 10.4. The lowest BCUT2D eigenvalue weighted by Gasteiger charge is -1.99. The molecule has 0 saturated heterocycles. The van der Waals surface area contributed by atoms with Gasteiger partial charge in [0.2, 0.25) is 0 Å². The number of carbonyl (C=O) groups excluding carboxylic acids is 1. The van der Waals surface area contributed by atoms with Crippen LogP contribution in [0.3, 0.4) is 0 Å². The summed E-state index contributed by atoms with van der Waals surface area (Å²) in [5.74, 6) is -1.29. The van der Waals surface area contributed by atoms with Crippen molar-refractivity contribution in [1.82, 2.24) is 10.3 Å². The van der Waals surface area contributed by atoms with E-state index in [1.54, 1.807) is 6.07 Å². The van der Waals surface area contributed by atoms with Gasteiger partial charge < -0.3 is 14.8 Å². The van der Waals surface area contributed by atoms with E-state index in [0.29, 0.717) is 9.68 Å². The Labute approximate surface area is 114 Å². The molecule has 0 unspecified atom stereocenters. The molecular formula is C10H7BrN2O4S. The smallest absolute Gasteiger partial charge is 0.355 e. The monoisotopic (exact) mass is 330 g/mol. The zero-order valence-corrected chi connectivity index (χ0v) is 11.2. The van der Waals surface area contributed by atoms with Crippen LogP contribution in [-0.4, -0.2) is 22.0 Å². The summed E-state index contributed by atoms with van der Waals surface area (Å²) in [5, 5.41) is 13.2. The third-order valence-electron chi connectivity index (χ3n) is 1.97. The first-order chi connectivity index (χ1) is 8.56. The number of thiazole rings is 1. The van der Waals surface area contributed by atoms with Gasteiger partial charge >= 0.3 is 5.97 Å². The number of nitrogens with zero attached hydrogens (tertiary/aromatic N) is 1. The first-order valence-corrected chi connectivity index (χ1v) is 6.45. The molecule has 0 saturated carbocycles. The van der Waals surface area contributed by atoms with E-state index in [9.17, 15) is 9.59 Å². The normalized spacial score (nSPS) is 10.3. The van der Waals surface area contributed by atoms with Gasteiger partial charge in [0.1, 0.15) is 5.01 Å². The standard InChI is InChI=1S/C10H7BrN2O4S/c11-7-2-1-6(17-7)9(14)12-3-8-13-5(4-18-8)10(15)16/h1-2,4H,3H2,(H,12,14)(H,15,16). The van der Waals surface area contributed by atoms with Crippen LogP contribution < -0.4 is 5.32 Å². The van der Waals surface area contributed by atoms with Crippen molar-refractivity contribution in [1.29, 1.82) is 0 Å². The van der Waals surface area contributed by atoms with Gasteiger partial charge in [-0.15, -0.1) is 11.3 Å². The SMILES string of the molecule is O=C(O)c1csc(CNC(=O)c2ccc(Br)o2)n1. The average molecular weight is 331 g/mol. The minimum Gasteiger partial charge on any atom is -0.476 e. The molecule has 2 N–H and O–H groups in total. The van der Waals surface area contributed by atoms with Crippen molar-refractivity contribution in [3.8, 4) is 0 Å². The number of rotatable bonds is 4. The van der Waals surface area contributed by atoms with Crippen LogP contribution in [0.5, 0.6) is 0 Å². The van der Waals surface area contributed by atoms with Gasteiger partial charge in [-0.05, 0) is 28.1 Å². The van der Waals surface area contributed by atoms with Gasteiger partial charge in [-0.25, -0.2) is 9.78 Å². The van der Waals surface area contributed by atoms with Crippen molar-refractivity contribution in [2.75, 3.05) is 0 Å². The second kappa shape index (κ2) is 5.32. The molecule has 0 aliphatic carbocycles. The number of hydrogen-bond acceptors (Lipinski definition) is 5. The van der Waals surface area contributed by atoms with Gasteiger partial charge in [-0.1, -0.05) is 0 Å². The van der Waals surface area contributed by atoms with Crippen molar-refractivity contribution < 1.29 is 19.1 Å². The molecule has 0 radical (unpaired) electrons. The molecule has 0 spiro atoms. The summed E-state index contributed by atoms with van der Waals surface area (Å²) < 4.78 is 5.54. The fraction of sp³-hybridized carbons (Fsp3) is 0.100. The number of furan rings is 1. The van der Waals surface area contributed by atoms with Gasteiger partial charge in [0.05, 0.1) is 6.54 Å². The summed E-state index contributed by atoms with van der Waals surface area (Å²) in [6.45, 7) is 0.162. The van der Waals surface area contributed by atoms with Crippen LogP contribution in [-0.2, 0) is 6.54 Å². The number of nitrogens with one attached hydrogen (secondary N) is 1. The Kier molecular flexibility index (Phi) is 3.78. The molecule has 0 fully saturated rings. The molecule has 8 heteroatoms. The highest BCUT2D eigenvalue weighted by atomic mass is 79.9. The van der Waals surface area contributed by atoms with Gasteiger partial charge in [-0.3, -0.25) is 4.79 Å². The van der Waals surface area contributed by atoms with Crippen molar-refractivity contribution in [2.45, 2.75) is 6.54 Å². The zero-order chi connectivity index (χ0) is 13.1. The van der Waals surface area contributed by atoms with E-state index in [1.165, 1.54) is 22.8 Å². The fourth-order valence-corrected chi connectivity index (χ4v) is 2.18. The summed E-state index contributed by atoms with van der Waals surface area (Å²) in [6, 6.07) is 3.14. The molecule has 2 heterocycles. The highest BCUT2D eigenvalue weighted by molar-refractivity contribution is 9.10. The Balaban J connectivity index is 1.95. The second-order valence-corrected chi connectivity index (χ2v) is 4.94. The minimum absolute atomic E-state index is 0.0232. The molecule has 0 aromatic carbocycles. The van der Waals surface area contributed by atoms with Crippen LogP contribution in [0, 0.1) is 0 Å². The maximum atomic E-state index is 11.6. The molecule has 2 aromatic rings. The molecule has 2 aromatic heterocycles. The van der Waals surface area contributed by atoms with Gasteiger partial charge in [0.15, 0.2) is 16.1 Å². The molecule has 94 valence electrons. The second-order valence-electron chi connectivity index (χ2n) is 3.22. The van der Waals surface area contributed by atoms with Crippen LogP contribution in [0.4, 0.5) is 0 Å². The number of halogens is 1. The average Bonchev–Trinajstić information content (AvgIpc) is 2.94. The number of aromatic carboxylic acids is 1. The van der Waals surface area contributed by atoms with Crippen LogP contribution in [0.25, 0.3) is 0 Å². The van der Waals surface area contributed by atoms with Crippen molar-refractivity contribution in [3.63, 3.8) is 0 Å². The number of amides is 1. The van der Waals surface area contributed by atoms with Crippen LogP contribution in [0.15, 0.2) is 26.6 Å². The molecular weight excluding hydrogens is 324 g/mol. The lowest BCUT2D eigenvalue weighted by Crippen LogP contribution is -2.22. The number of carboxylic acid groups (broad SMARTS) is 1. The molecule has 18 heavy (non-hydrogen) atoms. The largest absolute Gasteiger partial charge is 0.476 e. The Hall–Kier alpha value is -1.67. The molecule has 0 atom stereocenters. The summed E-state index contributed by atoms with van der Waals surface area (Å²) >= 11 is 4.27. The lowest BCUT2D eigenvalue weighted by molar-refractivity contribution is 0.0691. The molecule has 6 nitrogen and oxygen atoms in total. The molecule has 1 amide bonds. The van der Waals surface area contributed by atoms with Crippen LogP contribution in [0.2, 0.25) is 0 Å². The van der Waals surface area contributed by atoms with E-state index < -0.39 is 5.97 Å². The van der Waals surface area contributed by atoms with E-state index in [0.717, 1.165) is 0 Å². The van der Waals surface area contributed by atoms with Crippen LogP contribution in [0.1, 0.15) is 26.1 Å². The Morgan fingerprint density at radius 1 is 1.50 bits per heavy atom. The topological polar surface area (TPSA) is 92.4 Å². The zero-order valence-electron chi connectivity index (χ0n) is 8.84. The number of carbonyl (C=O) groups is 2. The Morgan fingerprint density at radius 3 is 2.83 bits per heavy atom. The predicted molar refractivity (Wildman–Crippen MR) is 66.7 cm³/mol. The van der Waals surface area contributed by atoms with Crippen molar-refractivity contribution >= 4 is 39.1 Å². The highest BCUT2D eigenvalue weighted by Gasteiger charge is 2.12. The van der Waals surface area contributed by atoms with E-state index >= 15 is 0 Å². The highest BCUT2D eigenvalue weighted by Crippen LogP contribution is 2.14. The first-order valence-electron chi connectivity index (χ1n) is 4.77. The number of hydrogen-bond donors (Lipinski definition) is 2. The number of carboxylic acids is 1. The predicted octanol–water partition coefficient (Wildman–Crippen LogP) is 2.13. The summed E-state index contributed by atoms with van der Waals surface area (Å²) in [4.78, 5) is 26.1. The Bertz CT molecular complexity index is 592. The third-order valence-corrected chi connectivity index (χ3v) is 3.24. The summed E-state index contributed by atoms with van der Waals surface area (Å²) in [7, 11) is 0. The van der Waals surface area contributed by atoms with E-state index in [1.807, 2.05) is 0 Å². The van der Waals surface area contributed by atoms with Gasteiger partial charge in [-0.2, -0.15) is 0 Å². The minimum atomic E-state index is -1.08. The van der Waals surface area contributed by atoms with Crippen LogP contribution >= 0.6 is 27.3 Å². The summed E-state index contributed by atoms with van der Waals surface area (Å²) in [6.07, 6.45) is 0. The fourth-order valence-electron chi connectivity index (χ4n) is 1.17. The van der Waals surface area contributed by atoms with Gasteiger partial charge in [0.25, 0.3) is 5.91 Å². The van der Waals surface area contributed by atoms with E-state index in [-0.39, 0.29) is 23.9 Å². The van der Waals surface area contributed by atoms with Crippen molar-refractivity contribution in [2.24, 2.45) is 0 Å². The first kappa shape index (κ1) is 12.8. The quantitative estimate of drug-likeness (QED) is 0.895. The molecule has 0 aliphatic rings. The van der Waals surface area contributed by atoms with E-state index in [2.05, 4.69) is 26.2 Å². The molecule has 2 rings (SSSR count). The molecule has 0 bridgehead atoms. The van der Waals surface area contributed by atoms with Gasteiger partial charge in [0, 0.05) is 5.38 Å². The molecule has 0 aliphatic heterocycles. The Morgan fingerprint density at radius 2 is 2.28 bits per heavy atom.